The number of benzene rings is 2. The minimum absolute atomic E-state index is 0.0643. The van der Waals surface area contributed by atoms with Crippen molar-refractivity contribution in [3.05, 3.63) is 69.8 Å². The number of H-pyrrole nitrogens is 1. The topological polar surface area (TPSA) is 54.1 Å². The molecule has 25 heavy (non-hydrogen) atoms. The number of nitrogens with one attached hydrogen (secondary N) is 2. The molecule has 4 nitrogen and oxygen atoms in total. The lowest BCUT2D eigenvalue weighted by molar-refractivity contribution is -0.146. The van der Waals surface area contributed by atoms with Gasteiger partial charge in [0.05, 0.1) is 12.6 Å². The van der Waals surface area contributed by atoms with Crippen LogP contribution < -0.4 is 5.32 Å². The van der Waals surface area contributed by atoms with Crippen molar-refractivity contribution in [2.24, 2.45) is 0 Å². The summed E-state index contributed by atoms with van der Waals surface area (Å²) in [5.74, 6) is -0.196. The number of aromatic nitrogens is 1. The summed E-state index contributed by atoms with van der Waals surface area (Å²) in [6.07, 6.45) is 0.619. The summed E-state index contributed by atoms with van der Waals surface area (Å²) in [6.45, 7) is 2.23. The Labute approximate surface area is 154 Å². The SMILES string of the molecule is CCOC(=O)C1Cc2c([nH]c3ccc(Br)cc23)C(c2ccccc2)N1. The fourth-order valence-corrected chi connectivity index (χ4v) is 3.92. The summed E-state index contributed by atoms with van der Waals surface area (Å²) in [4.78, 5) is 16.0. The van der Waals surface area contributed by atoms with Crippen LogP contribution in [0.15, 0.2) is 53.0 Å². The third kappa shape index (κ3) is 2.98. The van der Waals surface area contributed by atoms with Crippen LogP contribution in [-0.4, -0.2) is 23.6 Å². The Morgan fingerprint density at radius 1 is 1.24 bits per heavy atom. The Morgan fingerprint density at radius 3 is 2.80 bits per heavy atom. The van der Waals surface area contributed by atoms with Gasteiger partial charge in [-0.15, -0.1) is 0 Å². The second kappa shape index (κ2) is 6.65. The molecule has 2 unspecified atom stereocenters. The van der Waals surface area contributed by atoms with E-state index in [1.165, 1.54) is 5.56 Å². The van der Waals surface area contributed by atoms with E-state index >= 15 is 0 Å². The van der Waals surface area contributed by atoms with Crippen LogP contribution in [0.4, 0.5) is 0 Å². The Hall–Kier alpha value is -2.11. The van der Waals surface area contributed by atoms with Crippen molar-refractivity contribution >= 4 is 32.8 Å². The highest BCUT2D eigenvalue weighted by atomic mass is 79.9. The number of hydrogen-bond acceptors (Lipinski definition) is 3. The van der Waals surface area contributed by atoms with E-state index in [4.69, 9.17) is 4.74 Å². The van der Waals surface area contributed by atoms with Gasteiger partial charge in [0.15, 0.2) is 0 Å². The molecule has 128 valence electrons. The minimum Gasteiger partial charge on any atom is -0.465 e. The van der Waals surface area contributed by atoms with E-state index in [9.17, 15) is 4.79 Å². The van der Waals surface area contributed by atoms with Crippen LogP contribution in [0, 0.1) is 0 Å². The largest absolute Gasteiger partial charge is 0.465 e. The molecule has 3 aromatic rings. The van der Waals surface area contributed by atoms with E-state index in [-0.39, 0.29) is 18.1 Å². The highest BCUT2D eigenvalue weighted by molar-refractivity contribution is 9.10. The first-order valence-corrected chi connectivity index (χ1v) is 9.24. The molecule has 0 spiro atoms. The van der Waals surface area contributed by atoms with E-state index in [0.717, 1.165) is 26.6 Å². The molecule has 1 aromatic heterocycles. The van der Waals surface area contributed by atoms with Crippen LogP contribution >= 0.6 is 15.9 Å². The van der Waals surface area contributed by atoms with Gasteiger partial charge in [0, 0.05) is 27.5 Å². The number of hydrogen-bond donors (Lipinski definition) is 2. The number of aromatic amines is 1. The van der Waals surface area contributed by atoms with E-state index in [1.807, 2.05) is 31.2 Å². The number of fused-ring (bicyclic) bond motifs is 3. The zero-order valence-electron chi connectivity index (χ0n) is 13.9. The summed E-state index contributed by atoms with van der Waals surface area (Å²) in [5.41, 5.74) is 4.52. The Bertz CT molecular complexity index is 920. The molecule has 0 amide bonds. The molecule has 4 rings (SSSR count). The average Bonchev–Trinajstić information content (AvgIpc) is 3.00. The zero-order chi connectivity index (χ0) is 17.4. The van der Waals surface area contributed by atoms with Crippen LogP contribution in [0.2, 0.25) is 0 Å². The lowest BCUT2D eigenvalue weighted by atomic mass is 9.90. The van der Waals surface area contributed by atoms with Crippen LogP contribution in [0.1, 0.15) is 29.8 Å². The third-order valence-corrected chi connectivity index (χ3v) is 5.16. The molecular formula is C20H19BrN2O2. The van der Waals surface area contributed by atoms with Gasteiger partial charge in [0.2, 0.25) is 0 Å². The number of rotatable bonds is 3. The second-order valence-corrected chi connectivity index (χ2v) is 7.14. The minimum atomic E-state index is -0.351. The normalized spacial score (nSPS) is 19.6. The second-order valence-electron chi connectivity index (χ2n) is 6.23. The highest BCUT2D eigenvalue weighted by Crippen LogP contribution is 2.36. The summed E-state index contributed by atoms with van der Waals surface area (Å²) < 4.78 is 6.30. The number of halogens is 1. The van der Waals surface area contributed by atoms with Crippen molar-refractivity contribution in [3.8, 4) is 0 Å². The maximum atomic E-state index is 12.4. The molecular weight excluding hydrogens is 380 g/mol. The van der Waals surface area contributed by atoms with Gasteiger partial charge in [0.1, 0.15) is 6.04 Å². The summed E-state index contributed by atoms with van der Waals surface area (Å²) in [5, 5.41) is 4.62. The van der Waals surface area contributed by atoms with Gasteiger partial charge in [-0.05, 0) is 36.2 Å². The third-order valence-electron chi connectivity index (χ3n) is 4.67. The van der Waals surface area contributed by atoms with E-state index in [0.29, 0.717) is 13.0 Å². The molecule has 2 heterocycles. The maximum absolute atomic E-state index is 12.4. The molecule has 0 fully saturated rings. The van der Waals surface area contributed by atoms with Crippen LogP contribution in [0.5, 0.6) is 0 Å². The fraction of sp³-hybridized carbons (Fsp3) is 0.250. The number of carbonyl (C=O) groups is 1. The predicted molar refractivity (Wildman–Crippen MR) is 102 cm³/mol. The molecule has 1 aliphatic rings. The lowest BCUT2D eigenvalue weighted by Crippen LogP contribution is -2.45. The standard InChI is InChI=1S/C20H19BrN2O2/c1-2-25-20(24)17-11-15-14-10-13(21)8-9-16(14)22-19(15)18(23-17)12-6-4-3-5-7-12/h3-10,17-18,22-23H,2,11H2,1H3. The number of ether oxygens (including phenoxy) is 1. The van der Waals surface area contributed by atoms with Gasteiger partial charge in [-0.25, -0.2) is 0 Å². The van der Waals surface area contributed by atoms with Crippen molar-refractivity contribution in [2.45, 2.75) is 25.4 Å². The van der Waals surface area contributed by atoms with Crippen LogP contribution in [0.25, 0.3) is 10.9 Å². The summed E-state index contributed by atoms with van der Waals surface area (Å²) in [7, 11) is 0. The average molecular weight is 399 g/mol. The molecule has 1 aliphatic heterocycles. The van der Waals surface area contributed by atoms with Crippen molar-refractivity contribution in [1.29, 1.82) is 0 Å². The molecule has 0 saturated carbocycles. The van der Waals surface area contributed by atoms with Crippen LogP contribution in [-0.2, 0) is 16.0 Å². The molecule has 0 saturated heterocycles. The predicted octanol–water partition coefficient (Wildman–Crippen LogP) is 4.10. The van der Waals surface area contributed by atoms with Crippen molar-refractivity contribution in [2.75, 3.05) is 6.61 Å². The first-order chi connectivity index (χ1) is 12.2. The van der Waals surface area contributed by atoms with Gasteiger partial charge < -0.3 is 9.72 Å². The summed E-state index contributed by atoms with van der Waals surface area (Å²) >= 11 is 3.55. The van der Waals surface area contributed by atoms with Gasteiger partial charge in [-0.2, -0.15) is 0 Å². The first-order valence-electron chi connectivity index (χ1n) is 8.45. The monoisotopic (exact) mass is 398 g/mol. The Kier molecular flexibility index (Phi) is 4.36. The smallest absolute Gasteiger partial charge is 0.323 e. The summed E-state index contributed by atoms with van der Waals surface area (Å²) in [6, 6.07) is 16.0. The Morgan fingerprint density at radius 2 is 2.04 bits per heavy atom. The molecule has 0 radical (unpaired) electrons. The zero-order valence-corrected chi connectivity index (χ0v) is 15.5. The molecule has 2 N–H and O–H groups in total. The van der Waals surface area contributed by atoms with E-state index in [2.05, 4.69) is 50.5 Å². The molecule has 2 atom stereocenters. The highest BCUT2D eigenvalue weighted by Gasteiger charge is 2.34. The van der Waals surface area contributed by atoms with Crippen molar-refractivity contribution in [3.63, 3.8) is 0 Å². The van der Waals surface area contributed by atoms with E-state index < -0.39 is 0 Å². The van der Waals surface area contributed by atoms with Crippen molar-refractivity contribution < 1.29 is 9.53 Å². The van der Waals surface area contributed by atoms with Gasteiger partial charge in [-0.1, -0.05) is 46.3 Å². The van der Waals surface area contributed by atoms with E-state index in [1.54, 1.807) is 0 Å². The molecule has 2 aromatic carbocycles. The quantitative estimate of drug-likeness (QED) is 0.653. The lowest BCUT2D eigenvalue weighted by Gasteiger charge is -2.30. The Balaban J connectivity index is 1.85. The fourth-order valence-electron chi connectivity index (χ4n) is 3.56. The van der Waals surface area contributed by atoms with Crippen LogP contribution in [0.3, 0.4) is 0 Å². The number of carbonyl (C=O) groups excluding carboxylic acids is 1. The molecule has 5 heteroatoms. The van der Waals surface area contributed by atoms with Gasteiger partial charge in [-0.3, -0.25) is 10.1 Å². The van der Waals surface area contributed by atoms with Crippen molar-refractivity contribution in [1.82, 2.24) is 10.3 Å². The molecule has 0 bridgehead atoms. The van der Waals surface area contributed by atoms with Gasteiger partial charge in [0.25, 0.3) is 0 Å². The first kappa shape index (κ1) is 16.4. The number of esters is 1. The van der Waals surface area contributed by atoms with Gasteiger partial charge >= 0.3 is 5.97 Å². The molecule has 0 aliphatic carbocycles. The maximum Gasteiger partial charge on any atom is 0.323 e.